The van der Waals surface area contributed by atoms with Crippen LogP contribution in [0.1, 0.15) is 72.6 Å². The second-order valence-electron chi connectivity index (χ2n) is 10.9. The van der Waals surface area contributed by atoms with Crippen LogP contribution in [-0.2, 0) is 28.5 Å². The topological polar surface area (TPSA) is 71.1 Å². The highest BCUT2D eigenvalue weighted by atomic mass is 16.7. The fourth-order valence-electron chi connectivity index (χ4n) is 8.26. The fraction of sp³-hybridized carbons (Fsp3) is 0.840. The molecule has 4 fully saturated rings. The molecule has 1 heterocycles. The van der Waals surface area contributed by atoms with E-state index in [1.54, 1.807) is 0 Å². The van der Waals surface area contributed by atoms with E-state index in [2.05, 4.69) is 19.9 Å². The molecule has 0 aromatic heterocycles. The molecule has 5 aliphatic rings. The second-order valence-corrected chi connectivity index (χ2v) is 10.9. The lowest BCUT2D eigenvalue weighted by Crippen LogP contribution is -2.60. The van der Waals surface area contributed by atoms with Crippen LogP contribution in [0.4, 0.5) is 0 Å². The van der Waals surface area contributed by atoms with Crippen molar-refractivity contribution < 1.29 is 28.5 Å². The van der Waals surface area contributed by atoms with E-state index in [1.807, 2.05) is 0 Å². The number of ether oxygens (including phenoxy) is 4. The Balaban J connectivity index is 1.51. The molecule has 5 rings (SSSR count). The first-order valence-corrected chi connectivity index (χ1v) is 12.0. The van der Waals surface area contributed by atoms with Gasteiger partial charge in [-0.1, -0.05) is 25.5 Å². The zero-order valence-electron chi connectivity index (χ0n) is 19.3. The van der Waals surface area contributed by atoms with Crippen LogP contribution in [0.15, 0.2) is 11.6 Å². The third-order valence-corrected chi connectivity index (χ3v) is 9.42. The minimum Gasteiger partial charge on any atom is -0.462 e. The summed E-state index contributed by atoms with van der Waals surface area (Å²) in [5, 5.41) is 0. The highest BCUT2D eigenvalue weighted by Gasteiger charge is 2.69. The molecule has 7 atom stereocenters. The van der Waals surface area contributed by atoms with Gasteiger partial charge in [0, 0.05) is 38.0 Å². The van der Waals surface area contributed by atoms with Gasteiger partial charge >= 0.3 is 11.9 Å². The summed E-state index contributed by atoms with van der Waals surface area (Å²) in [6.07, 6.45) is 8.63. The number of hydrogen-bond acceptors (Lipinski definition) is 6. The SMILES string of the molecule is CC(=O)O[C@H]1CC[C@@]2(C)C(=CC[C@@H]3[C@@H]2[C@H](OC(C)=O)C[C@@]2(C)[C@H]3CCC23OCCO3)C1. The molecule has 172 valence electrons. The van der Waals surface area contributed by atoms with Crippen molar-refractivity contribution in [1.82, 2.24) is 0 Å². The summed E-state index contributed by atoms with van der Waals surface area (Å²) in [6.45, 7) is 8.96. The minimum absolute atomic E-state index is 0.0336. The standard InChI is InChI=1S/C25H36O6/c1-15(26)30-18-7-9-23(3)17(13-18)5-6-19-20-8-10-25(28-11-12-29-25)24(20,4)14-21(22(19)23)31-16(2)27/h5,18-22H,6-14H2,1-4H3/t18-,19-,20-,21+,22+,23-,24-/m0/s1. The van der Waals surface area contributed by atoms with Crippen LogP contribution in [0.3, 0.4) is 0 Å². The molecule has 0 amide bonds. The quantitative estimate of drug-likeness (QED) is 0.482. The first-order valence-electron chi connectivity index (χ1n) is 12.0. The summed E-state index contributed by atoms with van der Waals surface area (Å²) >= 11 is 0. The summed E-state index contributed by atoms with van der Waals surface area (Å²) in [5.41, 5.74) is 1.20. The molecule has 6 nitrogen and oxygen atoms in total. The van der Waals surface area contributed by atoms with Crippen molar-refractivity contribution >= 4 is 11.9 Å². The number of allylic oxidation sites excluding steroid dienone is 1. The zero-order chi connectivity index (χ0) is 22.0. The summed E-state index contributed by atoms with van der Waals surface area (Å²) < 4.78 is 24.2. The molecule has 3 saturated carbocycles. The molecule has 0 aromatic carbocycles. The average Bonchev–Trinajstić information content (AvgIpc) is 3.27. The van der Waals surface area contributed by atoms with Crippen LogP contribution >= 0.6 is 0 Å². The molecular weight excluding hydrogens is 396 g/mol. The lowest BCUT2D eigenvalue weighted by molar-refractivity contribution is -0.258. The van der Waals surface area contributed by atoms with Gasteiger partial charge in [0.05, 0.1) is 13.2 Å². The molecule has 1 saturated heterocycles. The lowest BCUT2D eigenvalue weighted by atomic mass is 9.46. The van der Waals surface area contributed by atoms with Gasteiger partial charge in [0.15, 0.2) is 5.79 Å². The first kappa shape index (κ1) is 21.4. The maximum atomic E-state index is 12.2. The molecule has 0 N–H and O–H groups in total. The van der Waals surface area contributed by atoms with Gasteiger partial charge in [0.2, 0.25) is 0 Å². The Hall–Kier alpha value is -1.40. The Labute approximate surface area is 185 Å². The summed E-state index contributed by atoms with van der Waals surface area (Å²) in [6, 6.07) is 0. The van der Waals surface area contributed by atoms with Crippen molar-refractivity contribution in [2.75, 3.05) is 13.2 Å². The predicted octanol–water partition coefficient (Wildman–Crippen LogP) is 4.17. The van der Waals surface area contributed by atoms with Crippen LogP contribution in [0.25, 0.3) is 0 Å². The number of fused-ring (bicyclic) bond motifs is 6. The van der Waals surface area contributed by atoms with Gasteiger partial charge in [-0.25, -0.2) is 0 Å². The van der Waals surface area contributed by atoms with Crippen molar-refractivity contribution in [2.24, 2.45) is 28.6 Å². The molecule has 31 heavy (non-hydrogen) atoms. The van der Waals surface area contributed by atoms with Crippen molar-refractivity contribution in [1.29, 1.82) is 0 Å². The van der Waals surface area contributed by atoms with E-state index in [9.17, 15) is 9.59 Å². The van der Waals surface area contributed by atoms with Gasteiger partial charge < -0.3 is 18.9 Å². The summed E-state index contributed by atoms with van der Waals surface area (Å²) in [4.78, 5) is 23.7. The third-order valence-electron chi connectivity index (χ3n) is 9.42. The average molecular weight is 433 g/mol. The number of carbonyl (C=O) groups excluding carboxylic acids is 2. The Morgan fingerprint density at radius 1 is 1.03 bits per heavy atom. The maximum Gasteiger partial charge on any atom is 0.302 e. The smallest absolute Gasteiger partial charge is 0.302 e. The van der Waals surface area contributed by atoms with E-state index >= 15 is 0 Å². The maximum absolute atomic E-state index is 12.2. The normalized spacial score (nSPS) is 45.3. The number of esters is 2. The van der Waals surface area contributed by atoms with Gasteiger partial charge in [-0.15, -0.1) is 0 Å². The minimum atomic E-state index is -0.529. The van der Waals surface area contributed by atoms with E-state index < -0.39 is 5.79 Å². The number of carbonyl (C=O) groups is 2. The number of hydrogen-bond donors (Lipinski definition) is 0. The van der Waals surface area contributed by atoms with Crippen LogP contribution in [0.5, 0.6) is 0 Å². The Morgan fingerprint density at radius 3 is 2.42 bits per heavy atom. The van der Waals surface area contributed by atoms with Gasteiger partial charge in [-0.3, -0.25) is 9.59 Å². The molecule has 0 unspecified atom stereocenters. The van der Waals surface area contributed by atoms with Crippen LogP contribution in [-0.4, -0.2) is 43.1 Å². The zero-order valence-corrected chi connectivity index (χ0v) is 19.3. The molecule has 0 bridgehead atoms. The fourth-order valence-corrected chi connectivity index (χ4v) is 8.26. The summed E-state index contributed by atoms with van der Waals surface area (Å²) in [7, 11) is 0. The molecule has 6 heteroatoms. The van der Waals surface area contributed by atoms with E-state index in [1.165, 1.54) is 19.4 Å². The Kier molecular flexibility index (Phi) is 5.06. The lowest BCUT2D eigenvalue weighted by Gasteiger charge is -2.60. The van der Waals surface area contributed by atoms with Crippen molar-refractivity contribution in [3.8, 4) is 0 Å². The third kappa shape index (κ3) is 3.12. The van der Waals surface area contributed by atoms with Gasteiger partial charge in [-0.05, 0) is 49.4 Å². The number of rotatable bonds is 2. The highest BCUT2D eigenvalue weighted by Crippen LogP contribution is 2.69. The monoisotopic (exact) mass is 432 g/mol. The van der Waals surface area contributed by atoms with Gasteiger partial charge in [-0.2, -0.15) is 0 Å². The first-order chi connectivity index (χ1) is 14.7. The van der Waals surface area contributed by atoms with Gasteiger partial charge in [0.1, 0.15) is 12.2 Å². The highest BCUT2D eigenvalue weighted by molar-refractivity contribution is 5.66. The van der Waals surface area contributed by atoms with E-state index in [0.717, 1.165) is 44.9 Å². The van der Waals surface area contributed by atoms with Crippen molar-refractivity contribution in [3.63, 3.8) is 0 Å². The van der Waals surface area contributed by atoms with Crippen LogP contribution in [0.2, 0.25) is 0 Å². The molecule has 0 aromatic rings. The molecule has 0 radical (unpaired) electrons. The molecule has 1 aliphatic heterocycles. The molecular formula is C25H36O6. The summed E-state index contributed by atoms with van der Waals surface area (Å²) in [5.74, 6) is 0.266. The van der Waals surface area contributed by atoms with E-state index in [0.29, 0.717) is 25.0 Å². The van der Waals surface area contributed by atoms with Crippen LogP contribution in [0, 0.1) is 28.6 Å². The molecule has 1 spiro atoms. The van der Waals surface area contributed by atoms with Gasteiger partial charge in [0.25, 0.3) is 0 Å². The van der Waals surface area contributed by atoms with Crippen LogP contribution < -0.4 is 0 Å². The van der Waals surface area contributed by atoms with E-state index in [-0.39, 0.29) is 40.9 Å². The second kappa shape index (κ2) is 7.31. The largest absolute Gasteiger partial charge is 0.462 e. The van der Waals surface area contributed by atoms with E-state index in [4.69, 9.17) is 18.9 Å². The Morgan fingerprint density at radius 2 is 1.74 bits per heavy atom. The van der Waals surface area contributed by atoms with Crippen molar-refractivity contribution in [3.05, 3.63) is 11.6 Å². The molecule has 4 aliphatic carbocycles. The Bertz CT molecular complexity index is 798. The predicted molar refractivity (Wildman–Crippen MR) is 113 cm³/mol. The van der Waals surface area contributed by atoms with Crippen molar-refractivity contribution in [2.45, 2.75) is 90.6 Å².